The maximum atomic E-state index is 13.0. The molecule has 1 fully saturated rings. The van der Waals surface area contributed by atoms with Crippen LogP contribution in [0.3, 0.4) is 0 Å². The van der Waals surface area contributed by atoms with Crippen molar-refractivity contribution in [1.29, 1.82) is 0 Å². The van der Waals surface area contributed by atoms with E-state index in [-0.39, 0.29) is 27.8 Å². The van der Waals surface area contributed by atoms with E-state index in [0.29, 0.717) is 5.56 Å². The molecule has 3 heteroatoms. The van der Waals surface area contributed by atoms with Crippen molar-refractivity contribution in [2.45, 2.75) is 46.1 Å². The Balaban J connectivity index is 1.61. The van der Waals surface area contributed by atoms with Crippen LogP contribution in [0.25, 0.3) is 15.0 Å². The molecule has 0 aliphatic heterocycles. The highest BCUT2D eigenvalue weighted by Gasteiger charge is 2.50. The van der Waals surface area contributed by atoms with Crippen LogP contribution in [0.4, 0.5) is 0 Å². The van der Waals surface area contributed by atoms with Crippen molar-refractivity contribution < 1.29 is 9.53 Å². The maximum absolute atomic E-state index is 13.0. The summed E-state index contributed by atoms with van der Waals surface area (Å²) in [6, 6.07) is 18.5. The molecule has 3 aromatic rings. The predicted molar refractivity (Wildman–Crippen MR) is 131 cm³/mol. The highest BCUT2D eigenvalue weighted by atomic mass is 32.2. The third-order valence-electron chi connectivity index (χ3n) is 6.57. The minimum atomic E-state index is -1.02. The molecule has 2 nitrogen and oxygen atoms in total. The van der Waals surface area contributed by atoms with Gasteiger partial charge in [-0.1, -0.05) is 44.1 Å². The Bertz CT molecular complexity index is 1210. The number of esters is 1. The lowest BCUT2D eigenvalue weighted by molar-refractivity contribution is -0.0208. The normalized spacial score (nSPS) is 20.3. The van der Waals surface area contributed by atoms with Crippen LogP contribution in [-0.4, -0.2) is 11.6 Å². The number of ether oxygens (including phenoxy) is 1. The lowest BCUT2D eigenvalue weighted by Gasteiger charge is -2.39. The number of carbonyl (C=O) groups excluding carboxylic acids is 1. The summed E-state index contributed by atoms with van der Waals surface area (Å²) >= 11 is 0. The summed E-state index contributed by atoms with van der Waals surface area (Å²) in [7, 11) is -0.104. The van der Waals surface area contributed by atoms with Crippen LogP contribution in [0.5, 0.6) is 0 Å². The van der Waals surface area contributed by atoms with Gasteiger partial charge in [-0.3, -0.25) is 0 Å². The molecule has 1 aliphatic rings. The van der Waals surface area contributed by atoms with E-state index >= 15 is 0 Å². The zero-order valence-corrected chi connectivity index (χ0v) is 19.5. The SMILES string of the molecule is C#CC(C)(OC(=O)c1ccc(-[s+]2c(C)cc3ccccc32)cc1)C1C(=C)CCC1(C)C. The maximum Gasteiger partial charge on any atom is 0.339 e. The Kier molecular flexibility index (Phi) is 5.31. The van der Waals surface area contributed by atoms with Crippen molar-refractivity contribution in [2.24, 2.45) is 11.3 Å². The molecule has 3 atom stereocenters. The highest BCUT2D eigenvalue weighted by molar-refractivity contribution is 7.45. The monoisotopic (exact) mass is 429 g/mol. The smallest absolute Gasteiger partial charge is 0.339 e. The van der Waals surface area contributed by atoms with Crippen molar-refractivity contribution >= 4 is 26.5 Å². The Morgan fingerprint density at radius 2 is 1.90 bits per heavy atom. The van der Waals surface area contributed by atoms with Gasteiger partial charge in [-0.05, 0) is 61.6 Å². The number of aryl methyl sites for hydroxylation is 1. The molecule has 31 heavy (non-hydrogen) atoms. The van der Waals surface area contributed by atoms with Gasteiger partial charge in [0.2, 0.25) is 0 Å². The molecule has 3 unspecified atom stereocenters. The van der Waals surface area contributed by atoms with Gasteiger partial charge < -0.3 is 4.74 Å². The molecule has 1 heterocycles. The number of rotatable bonds is 4. The molecular weight excluding hydrogens is 400 g/mol. The third kappa shape index (κ3) is 3.70. The van der Waals surface area contributed by atoms with Crippen LogP contribution in [0.1, 0.15) is 48.8 Å². The molecular formula is C28H29O2S+. The van der Waals surface area contributed by atoms with Gasteiger partial charge in [0.1, 0.15) is 0 Å². The number of fused-ring (bicyclic) bond motifs is 1. The molecule has 1 aromatic heterocycles. The summed E-state index contributed by atoms with van der Waals surface area (Å²) in [5.74, 6) is 2.33. The van der Waals surface area contributed by atoms with Gasteiger partial charge in [-0.25, -0.2) is 4.79 Å². The molecule has 0 spiro atoms. The van der Waals surface area contributed by atoms with Crippen LogP contribution >= 0.6 is 10.5 Å². The van der Waals surface area contributed by atoms with Gasteiger partial charge >= 0.3 is 5.97 Å². The molecule has 0 radical (unpaired) electrons. The van der Waals surface area contributed by atoms with Crippen LogP contribution in [0, 0.1) is 30.6 Å². The fourth-order valence-electron chi connectivity index (χ4n) is 5.16. The fraction of sp³-hybridized carbons (Fsp3) is 0.321. The third-order valence-corrected chi connectivity index (χ3v) is 8.88. The molecule has 158 valence electrons. The largest absolute Gasteiger partial charge is 0.442 e. The van der Waals surface area contributed by atoms with Crippen LogP contribution in [0.2, 0.25) is 0 Å². The summed E-state index contributed by atoms with van der Waals surface area (Å²) < 4.78 is 7.29. The standard InChI is InChI=1S/C28H29O2S/c1-7-28(6,25-19(2)16-17-27(25,4)5)30-26(29)21-12-14-23(15-13-21)31-20(3)18-22-10-8-9-11-24(22)31/h1,8-15,18,25H,2,16-17H2,3-6H3/q+1. The number of thiophene rings is 1. The zero-order valence-electron chi connectivity index (χ0n) is 18.7. The van der Waals surface area contributed by atoms with Gasteiger partial charge in [0, 0.05) is 34.8 Å². The van der Waals surface area contributed by atoms with Crippen LogP contribution in [-0.2, 0) is 4.74 Å². The number of carbonyl (C=O) groups is 1. The van der Waals surface area contributed by atoms with Crippen molar-refractivity contribution in [3.8, 4) is 17.2 Å². The Morgan fingerprint density at radius 1 is 1.23 bits per heavy atom. The van der Waals surface area contributed by atoms with Gasteiger partial charge in [0.05, 0.1) is 5.56 Å². The first-order valence-corrected chi connectivity index (χ1v) is 11.9. The van der Waals surface area contributed by atoms with Crippen molar-refractivity contribution in [3.05, 3.63) is 77.2 Å². The van der Waals surface area contributed by atoms with E-state index in [1.807, 2.05) is 31.2 Å². The molecule has 1 saturated carbocycles. The number of hydrogen-bond donors (Lipinski definition) is 0. The summed E-state index contributed by atoms with van der Waals surface area (Å²) in [5, 5.41) is 1.27. The number of hydrogen-bond acceptors (Lipinski definition) is 2. The molecule has 2 aromatic carbocycles. The summed E-state index contributed by atoms with van der Waals surface area (Å²) in [6.07, 6.45) is 7.80. The molecule has 0 bridgehead atoms. The van der Waals surface area contributed by atoms with E-state index in [2.05, 4.69) is 63.6 Å². The van der Waals surface area contributed by atoms with Crippen molar-refractivity contribution in [3.63, 3.8) is 0 Å². The second-order valence-electron chi connectivity index (χ2n) is 9.34. The number of benzene rings is 2. The van der Waals surface area contributed by atoms with E-state index < -0.39 is 5.60 Å². The van der Waals surface area contributed by atoms with Gasteiger partial charge in [0.15, 0.2) is 20.1 Å². The first-order chi connectivity index (χ1) is 14.7. The highest BCUT2D eigenvalue weighted by Crippen LogP contribution is 2.51. The topological polar surface area (TPSA) is 26.3 Å². The average Bonchev–Trinajstić information content (AvgIpc) is 3.22. The van der Waals surface area contributed by atoms with E-state index in [9.17, 15) is 4.79 Å². The average molecular weight is 430 g/mol. The van der Waals surface area contributed by atoms with E-state index in [4.69, 9.17) is 11.2 Å². The molecule has 0 saturated heterocycles. The van der Waals surface area contributed by atoms with Crippen molar-refractivity contribution in [2.75, 3.05) is 0 Å². The van der Waals surface area contributed by atoms with Gasteiger partial charge in [-0.15, -0.1) is 6.42 Å². The lowest BCUT2D eigenvalue weighted by atomic mass is 9.71. The Labute approximate surface area is 187 Å². The minimum absolute atomic E-state index is 0.0524. The quantitative estimate of drug-likeness (QED) is 0.187. The minimum Gasteiger partial charge on any atom is -0.442 e. The van der Waals surface area contributed by atoms with Crippen LogP contribution in [0.15, 0.2) is 66.7 Å². The fourth-order valence-corrected chi connectivity index (χ4v) is 7.36. The van der Waals surface area contributed by atoms with E-state index in [0.717, 1.165) is 18.4 Å². The molecule has 4 rings (SSSR count). The second kappa shape index (κ2) is 7.70. The molecule has 0 N–H and O–H groups in total. The first-order valence-electron chi connectivity index (χ1n) is 10.7. The second-order valence-corrected chi connectivity index (χ2v) is 11.5. The summed E-state index contributed by atoms with van der Waals surface area (Å²) in [6.45, 7) is 12.6. The lowest BCUT2D eigenvalue weighted by Crippen LogP contribution is -2.43. The summed E-state index contributed by atoms with van der Waals surface area (Å²) in [5.41, 5.74) is 0.517. The molecule has 0 amide bonds. The van der Waals surface area contributed by atoms with E-state index in [1.165, 1.54) is 19.9 Å². The number of terminal acetylenes is 1. The van der Waals surface area contributed by atoms with Gasteiger partial charge in [0.25, 0.3) is 0 Å². The van der Waals surface area contributed by atoms with E-state index in [1.54, 1.807) is 0 Å². The van der Waals surface area contributed by atoms with Gasteiger partial charge in [-0.2, -0.15) is 0 Å². The molecule has 1 aliphatic carbocycles. The van der Waals surface area contributed by atoms with Crippen LogP contribution < -0.4 is 0 Å². The predicted octanol–water partition coefficient (Wildman–Crippen LogP) is 7.43. The Hall–Kier alpha value is -2.83. The summed E-state index contributed by atoms with van der Waals surface area (Å²) in [4.78, 5) is 15.6. The first kappa shape index (κ1) is 21.4. The van der Waals surface area contributed by atoms with Crippen molar-refractivity contribution in [1.82, 2.24) is 0 Å². The Morgan fingerprint density at radius 3 is 2.52 bits per heavy atom. The zero-order chi connectivity index (χ0) is 22.4.